The number of pyridine rings is 1. The lowest BCUT2D eigenvalue weighted by atomic mass is 10.2. The highest BCUT2D eigenvalue weighted by molar-refractivity contribution is 6.21. The molecule has 0 radical (unpaired) electrons. The molecular weight excluding hydrogens is 206 g/mol. The van der Waals surface area contributed by atoms with Crippen LogP contribution in [0, 0.1) is 0 Å². The average Bonchev–Trinajstić information content (AvgIpc) is 2.57. The minimum absolute atomic E-state index is 0.229. The highest BCUT2D eigenvalue weighted by atomic mass is 16.2. The Hall–Kier alpha value is -1.75. The first-order valence-electron chi connectivity index (χ1n) is 5.22. The van der Waals surface area contributed by atoms with Crippen LogP contribution in [0.3, 0.4) is 0 Å². The summed E-state index contributed by atoms with van der Waals surface area (Å²) in [7, 11) is 0. The highest BCUT2D eigenvalue weighted by Gasteiger charge is 2.38. The zero-order valence-corrected chi connectivity index (χ0v) is 9.01. The van der Waals surface area contributed by atoms with Gasteiger partial charge in [0.25, 0.3) is 11.8 Å². The van der Waals surface area contributed by atoms with Crippen molar-refractivity contribution >= 4 is 11.8 Å². The van der Waals surface area contributed by atoms with Crippen molar-refractivity contribution in [3.8, 4) is 0 Å². The van der Waals surface area contributed by atoms with Crippen LogP contribution in [0.2, 0.25) is 0 Å². The van der Waals surface area contributed by atoms with Gasteiger partial charge in [-0.05, 0) is 12.5 Å². The number of carbonyl (C=O) groups is 2. The van der Waals surface area contributed by atoms with Crippen LogP contribution in [0.25, 0.3) is 0 Å². The molecule has 2 heterocycles. The summed E-state index contributed by atoms with van der Waals surface area (Å²) in [6, 6.07) is 1.34. The second-order valence-electron chi connectivity index (χ2n) is 3.70. The van der Waals surface area contributed by atoms with Gasteiger partial charge in [0.15, 0.2) is 0 Å². The number of nitrogens with zero attached hydrogens (tertiary/aromatic N) is 2. The molecule has 0 aromatic carbocycles. The van der Waals surface area contributed by atoms with Crippen molar-refractivity contribution in [2.75, 3.05) is 6.54 Å². The Bertz CT molecular complexity index is 406. The van der Waals surface area contributed by atoms with E-state index in [1.54, 1.807) is 6.07 Å². The third-order valence-corrected chi connectivity index (χ3v) is 2.83. The molecule has 1 aromatic rings. The van der Waals surface area contributed by atoms with Gasteiger partial charge in [-0.2, -0.15) is 0 Å². The maximum absolute atomic E-state index is 12.0. The van der Waals surface area contributed by atoms with Gasteiger partial charge in [-0.1, -0.05) is 6.92 Å². The van der Waals surface area contributed by atoms with Crippen LogP contribution in [0.1, 0.15) is 34.1 Å². The van der Waals surface area contributed by atoms with Crippen LogP contribution >= 0.6 is 0 Å². The summed E-state index contributed by atoms with van der Waals surface area (Å²) in [6.45, 7) is 2.19. The van der Waals surface area contributed by atoms with Gasteiger partial charge in [-0.3, -0.25) is 19.5 Å². The fourth-order valence-corrected chi connectivity index (χ4v) is 1.89. The monoisotopic (exact) mass is 219 g/mol. The fraction of sp³-hybridized carbons (Fsp3) is 0.364. The number of carbonyl (C=O) groups excluding carboxylic acids is 2. The first-order valence-corrected chi connectivity index (χ1v) is 5.22. The quantitative estimate of drug-likeness (QED) is 0.747. The van der Waals surface area contributed by atoms with E-state index < -0.39 is 0 Å². The molecule has 84 valence electrons. The summed E-state index contributed by atoms with van der Waals surface area (Å²) in [5.41, 5.74) is 6.36. The summed E-state index contributed by atoms with van der Waals surface area (Å²) >= 11 is 0. The van der Waals surface area contributed by atoms with Crippen molar-refractivity contribution in [1.82, 2.24) is 9.88 Å². The molecule has 0 aliphatic carbocycles. The predicted octanol–water partition coefficient (Wildman–Crippen LogP) is 0.415. The molecule has 5 nitrogen and oxygen atoms in total. The maximum Gasteiger partial charge on any atom is 0.263 e. The second-order valence-corrected chi connectivity index (χ2v) is 3.70. The fourth-order valence-electron chi connectivity index (χ4n) is 1.89. The molecule has 0 saturated heterocycles. The molecule has 1 aromatic heterocycles. The molecule has 0 fully saturated rings. The number of imide groups is 1. The lowest BCUT2D eigenvalue weighted by molar-refractivity contribution is 0.0585. The molecule has 2 amide bonds. The van der Waals surface area contributed by atoms with Crippen LogP contribution in [-0.4, -0.2) is 34.3 Å². The minimum atomic E-state index is -0.287. The Morgan fingerprint density at radius 3 is 2.62 bits per heavy atom. The topological polar surface area (TPSA) is 76.3 Å². The van der Waals surface area contributed by atoms with Crippen LogP contribution in [0.15, 0.2) is 18.5 Å². The molecule has 0 saturated carbocycles. The molecular formula is C11H13N3O2. The Kier molecular flexibility index (Phi) is 2.70. The summed E-state index contributed by atoms with van der Waals surface area (Å²) in [5, 5.41) is 0. The number of fused-ring (bicyclic) bond motifs is 1. The number of hydrogen-bond acceptors (Lipinski definition) is 4. The van der Waals surface area contributed by atoms with E-state index in [0.717, 1.165) is 0 Å². The summed E-state index contributed by atoms with van der Waals surface area (Å²) < 4.78 is 0. The third-order valence-electron chi connectivity index (χ3n) is 2.83. The largest absolute Gasteiger partial charge is 0.328 e. The van der Waals surface area contributed by atoms with E-state index in [1.165, 1.54) is 17.3 Å². The van der Waals surface area contributed by atoms with Crippen molar-refractivity contribution in [3.63, 3.8) is 0 Å². The Morgan fingerprint density at radius 1 is 1.38 bits per heavy atom. The molecule has 5 heteroatoms. The van der Waals surface area contributed by atoms with Crippen LogP contribution < -0.4 is 5.73 Å². The van der Waals surface area contributed by atoms with E-state index in [0.29, 0.717) is 17.5 Å². The van der Waals surface area contributed by atoms with Gasteiger partial charge in [0.1, 0.15) is 0 Å². The highest BCUT2D eigenvalue weighted by Crippen LogP contribution is 2.24. The van der Waals surface area contributed by atoms with E-state index in [1.807, 2.05) is 6.92 Å². The van der Waals surface area contributed by atoms with Crippen LogP contribution in [0.5, 0.6) is 0 Å². The minimum Gasteiger partial charge on any atom is -0.328 e. The number of amides is 2. The van der Waals surface area contributed by atoms with Gasteiger partial charge in [-0.25, -0.2) is 0 Å². The Labute approximate surface area is 93.3 Å². The van der Waals surface area contributed by atoms with Crippen LogP contribution in [0.4, 0.5) is 0 Å². The lowest BCUT2D eigenvalue weighted by Crippen LogP contribution is -2.43. The molecule has 2 N–H and O–H groups in total. The van der Waals surface area contributed by atoms with Crippen molar-refractivity contribution in [2.45, 2.75) is 19.4 Å². The van der Waals surface area contributed by atoms with Crippen molar-refractivity contribution in [3.05, 3.63) is 29.6 Å². The van der Waals surface area contributed by atoms with Gasteiger partial charge in [0.05, 0.1) is 17.2 Å². The average molecular weight is 219 g/mol. The van der Waals surface area contributed by atoms with E-state index in [-0.39, 0.29) is 24.4 Å². The maximum atomic E-state index is 12.0. The molecule has 1 aliphatic rings. The van der Waals surface area contributed by atoms with E-state index in [2.05, 4.69) is 4.98 Å². The predicted molar refractivity (Wildman–Crippen MR) is 57.9 cm³/mol. The number of hydrogen-bond donors (Lipinski definition) is 1. The van der Waals surface area contributed by atoms with Gasteiger partial charge >= 0.3 is 0 Å². The van der Waals surface area contributed by atoms with E-state index in [4.69, 9.17) is 5.73 Å². The lowest BCUT2D eigenvalue weighted by Gasteiger charge is -2.23. The standard InChI is InChI=1S/C11H13N3O2/c1-2-7(5-12)14-10(15)8-3-4-13-6-9(8)11(14)16/h3-4,6-7H,2,5,12H2,1H3. The smallest absolute Gasteiger partial charge is 0.263 e. The SMILES string of the molecule is CCC(CN)N1C(=O)c2ccncc2C1=O. The zero-order valence-electron chi connectivity index (χ0n) is 9.01. The van der Waals surface area contributed by atoms with Crippen molar-refractivity contribution < 1.29 is 9.59 Å². The third kappa shape index (κ3) is 1.40. The van der Waals surface area contributed by atoms with Crippen molar-refractivity contribution in [2.24, 2.45) is 5.73 Å². The Morgan fingerprint density at radius 2 is 2.06 bits per heavy atom. The van der Waals surface area contributed by atoms with Gasteiger partial charge < -0.3 is 5.73 Å². The molecule has 1 unspecified atom stereocenters. The normalized spacial score (nSPS) is 16.5. The van der Waals surface area contributed by atoms with Crippen molar-refractivity contribution in [1.29, 1.82) is 0 Å². The zero-order chi connectivity index (χ0) is 11.7. The molecule has 2 rings (SSSR count). The number of aromatic nitrogens is 1. The van der Waals surface area contributed by atoms with Crippen LogP contribution in [-0.2, 0) is 0 Å². The van der Waals surface area contributed by atoms with Gasteiger partial charge in [0.2, 0.25) is 0 Å². The Balaban J connectivity index is 2.42. The first-order chi connectivity index (χ1) is 7.70. The number of rotatable bonds is 3. The molecule has 1 atom stereocenters. The molecule has 16 heavy (non-hydrogen) atoms. The molecule has 0 spiro atoms. The molecule has 1 aliphatic heterocycles. The number of nitrogens with two attached hydrogens (primary N) is 1. The summed E-state index contributed by atoms with van der Waals surface area (Å²) in [4.78, 5) is 29.1. The van der Waals surface area contributed by atoms with E-state index in [9.17, 15) is 9.59 Å². The second kappa shape index (κ2) is 4.02. The summed E-state index contributed by atoms with van der Waals surface area (Å²) in [5.74, 6) is -0.551. The molecule has 0 bridgehead atoms. The van der Waals surface area contributed by atoms with Gasteiger partial charge in [-0.15, -0.1) is 0 Å². The first kappa shape index (κ1) is 10.8. The summed E-state index contributed by atoms with van der Waals surface area (Å²) in [6.07, 6.45) is 3.60. The van der Waals surface area contributed by atoms with E-state index >= 15 is 0 Å². The van der Waals surface area contributed by atoms with Gasteiger partial charge in [0, 0.05) is 18.9 Å².